The van der Waals surface area contributed by atoms with Crippen LogP contribution in [0.4, 0.5) is 20.2 Å². The molecule has 0 spiro atoms. The standard InChI is InChI=1S/C27H17F2N5O6S2/c28-17-14-22(21-10-11-32(24(21)15-17)41(37,38)20-8-6-18(7-9-20)34(35)36)16-12-23(30)26-25(13-16)33(31-27(26)29)42(39,40)19-4-2-1-3-5-19/h1-15H,30H2. The maximum Gasteiger partial charge on any atom is 0.283 e. The Morgan fingerprint density at radius 3 is 2.14 bits per heavy atom. The first kappa shape index (κ1) is 27.0. The molecular weight excluding hydrogens is 592 g/mol. The molecule has 4 aromatic carbocycles. The predicted molar refractivity (Wildman–Crippen MR) is 150 cm³/mol. The molecule has 15 heteroatoms. The molecule has 0 amide bonds. The van der Waals surface area contributed by atoms with E-state index in [1.807, 2.05) is 0 Å². The topological polar surface area (TPSA) is 160 Å². The summed E-state index contributed by atoms with van der Waals surface area (Å²) in [5, 5.41) is 14.5. The minimum Gasteiger partial charge on any atom is -0.398 e. The predicted octanol–water partition coefficient (Wildman–Crippen LogP) is 4.90. The van der Waals surface area contributed by atoms with Crippen molar-refractivity contribution in [2.75, 3.05) is 5.73 Å². The molecule has 0 aliphatic carbocycles. The van der Waals surface area contributed by atoms with Gasteiger partial charge >= 0.3 is 0 Å². The normalized spacial score (nSPS) is 12.2. The SMILES string of the molecule is Nc1cc(-c2cc(F)cc3c2ccn3S(=O)(=O)c2ccc([N+](=O)[O-])cc2)cc2c1c(F)nn2S(=O)(=O)c1ccccc1. The summed E-state index contributed by atoms with van der Waals surface area (Å²) >= 11 is 0. The van der Waals surface area contributed by atoms with Crippen LogP contribution in [-0.2, 0) is 20.0 Å². The van der Waals surface area contributed by atoms with E-state index in [1.54, 1.807) is 6.07 Å². The van der Waals surface area contributed by atoms with Gasteiger partial charge in [-0.1, -0.05) is 18.2 Å². The van der Waals surface area contributed by atoms with Gasteiger partial charge in [0.05, 0.1) is 31.1 Å². The fourth-order valence-corrected chi connectivity index (χ4v) is 7.35. The molecule has 2 N–H and O–H groups in total. The number of halogens is 2. The average Bonchev–Trinajstić information content (AvgIpc) is 3.55. The Hall–Kier alpha value is -5.15. The number of hydrogen-bond donors (Lipinski definition) is 1. The molecular formula is C27H17F2N5O6S2. The fraction of sp³-hybridized carbons (Fsp3) is 0. The number of hydrogen-bond acceptors (Lipinski definition) is 8. The minimum absolute atomic E-state index is 0.0707. The van der Waals surface area contributed by atoms with Gasteiger partial charge in [0.2, 0.25) is 5.95 Å². The number of nitrogens with two attached hydrogens (primary N) is 1. The summed E-state index contributed by atoms with van der Waals surface area (Å²) < 4.78 is 84.6. The summed E-state index contributed by atoms with van der Waals surface area (Å²) in [6.07, 6.45) is 1.19. The second-order valence-corrected chi connectivity index (χ2v) is 12.7. The second kappa shape index (κ2) is 9.46. The quantitative estimate of drug-likeness (QED) is 0.159. The molecule has 6 aromatic rings. The van der Waals surface area contributed by atoms with Crippen molar-refractivity contribution in [2.24, 2.45) is 0 Å². The number of nitro groups is 1. The molecule has 11 nitrogen and oxygen atoms in total. The molecule has 0 bridgehead atoms. The Labute approximate surface area is 236 Å². The zero-order valence-corrected chi connectivity index (χ0v) is 22.7. The van der Waals surface area contributed by atoms with Gasteiger partial charge in [-0.25, -0.2) is 16.8 Å². The molecule has 0 aliphatic heterocycles. The van der Waals surface area contributed by atoms with Crippen LogP contribution in [0.3, 0.4) is 0 Å². The van der Waals surface area contributed by atoms with Gasteiger partial charge < -0.3 is 5.73 Å². The van der Waals surface area contributed by atoms with Crippen LogP contribution in [0.1, 0.15) is 0 Å². The number of nitrogen functional groups attached to an aromatic ring is 1. The monoisotopic (exact) mass is 609 g/mol. The molecule has 6 rings (SSSR count). The van der Waals surface area contributed by atoms with Gasteiger partial charge in [0.15, 0.2) is 0 Å². The van der Waals surface area contributed by atoms with Crippen molar-refractivity contribution in [3.05, 3.63) is 113 Å². The van der Waals surface area contributed by atoms with Crippen LogP contribution in [0, 0.1) is 21.9 Å². The van der Waals surface area contributed by atoms with Gasteiger partial charge in [-0.3, -0.25) is 10.1 Å². The van der Waals surface area contributed by atoms with E-state index in [0.717, 1.165) is 40.4 Å². The van der Waals surface area contributed by atoms with Crippen LogP contribution in [0.15, 0.2) is 101 Å². The number of nitrogens with zero attached hydrogens (tertiary/aromatic N) is 4. The van der Waals surface area contributed by atoms with Gasteiger partial charge in [0.1, 0.15) is 5.82 Å². The number of rotatable bonds is 6. The van der Waals surface area contributed by atoms with E-state index in [9.17, 15) is 35.7 Å². The van der Waals surface area contributed by atoms with Gasteiger partial charge in [0, 0.05) is 29.4 Å². The molecule has 0 fully saturated rings. The Balaban J connectivity index is 1.55. The van der Waals surface area contributed by atoms with Crippen LogP contribution in [0.5, 0.6) is 0 Å². The summed E-state index contributed by atoms with van der Waals surface area (Å²) in [4.78, 5) is 9.88. The lowest BCUT2D eigenvalue weighted by Gasteiger charge is -2.11. The third kappa shape index (κ3) is 4.17. The van der Waals surface area contributed by atoms with Gasteiger partial charge in [-0.15, -0.1) is 5.10 Å². The highest BCUT2D eigenvalue weighted by Gasteiger charge is 2.26. The maximum absolute atomic E-state index is 15.0. The Morgan fingerprint density at radius 1 is 0.810 bits per heavy atom. The highest BCUT2D eigenvalue weighted by atomic mass is 32.2. The number of fused-ring (bicyclic) bond motifs is 2. The lowest BCUT2D eigenvalue weighted by Crippen LogP contribution is -2.14. The van der Waals surface area contributed by atoms with E-state index in [2.05, 4.69) is 5.10 Å². The van der Waals surface area contributed by atoms with E-state index in [-0.39, 0.29) is 54.1 Å². The first-order chi connectivity index (χ1) is 19.9. The highest BCUT2D eigenvalue weighted by Crippen LogP contribution is 2.37. The largest absolute Gasteiger partial charge is 0.398 e. The fourth-order valence-electron chi connectivity index (χ4n) is 4.72. The van der Waals surface area contributed by atoms with E-state index in [0.29, 0.717) is 4.09 Å². The molecule has 0 radical (unpaired) electrons. The Morgan fingerprint density at radius 2 is 1.48 bits per heavy atom. The second-order valence-electron chi connectivity index (χ2n) is 9.17. The van der Waals surface area contributed by atoms with E-state index in [1.165, 1.54) is 48.7 Å². The van der Waals surface area contributed by atoms with E-state index < -0.39 is 36.7 Å². The van der Waals surface area contributed by atoms with E-state index >= 15 is 0 Å². The molecule has 2 heterocycles. The summed E-state index contributed by atoms with van der Waals surface area (Å²) in [6, 6.07) is 17.5. The third-order valence-corrected chi connectivity index (χ3v) is 9.97. The average molecular weight is 610 g/mol. The lowest BCUT2D eigenvalue weighted by molar-refractivity contribution is -0.384. The molecule has 0 saturated heterocycles. The van der Waals surface area contributed by atoms with Crippen molar-refractivity contribution in [1.82, 2.24) is 13.2 Å². The summed E-state index contributed by atoms with van der Waals surface area (Å²) in [7, 11) is -8.67. The van der Waals surface area contributed by atoms with Crippen molar-refractivity contribution in [1.29, 1.82) is 0 Å². The van der Waals surface area contributed by atoms with Crippen LogP contribution < -0.4 is 5.73 Å². The summed E-state index contributed by atoms with van der Waals surface area (Å²) in [5.41, 5.74) is 5.67. The number of aromatic nitrogens is 3. The molecule has 0 saturated carbocycles. The van der Waals surface area contributed by atoms with Crippen LogP contribution in [0.25, 0.3) is 32.9 Å². The van der Waals surface area contributed by atoms with Crippen LogP contribution in [0.2, 0.25) is 0 Å². The van der Waals surface area contributed by atoms with Crippen molar-refractivity contribution in [2.45, 2.75) is 9.79 Å². The number of nitro benzene ring substituents is 1. The third-order valence-electron chi connectivity index (χ3n) is 6.66. The summed E-state index contributed by atoms with van der Waals surface area (Å²) in [6.45, 7) is 0. The molecule has 0 unspecified atom stereocenters. The molecule has 2 aromatic heterocycles. The number of benzene rings is 4. The van der Waals surface area contributed by atoms with Crippen LogP contribution in [-0.4, -0.2) is 34.9 Å². The minimum atomic E-state index is -4.36. The number of non-ortho nitro benzene ring substituents is 1. The lowest BCUT2D eigenvalue weighted by atomic mass is 9.99. The number of anilines is 1. The molecule has 0 aliphatic rings. The van der Waals surface area contributed by atoms with E-state index in [4.69, 9.17) is 5.73 Å². The van der Waals surface area contributed by atoms with Gasteiger partial charge in [0.25, 0.3) is 25.7 Å². The smallest absolute Gasteiger partial charge is 0.283 e. The molecule has 42 heavy (non-hydrogen) atoms. The zero-order valence-electron chi connectivity index (χ0n) is 21.0. The first-order valence-corrected chi connectivity index (χ1v) is 14.9. The van der Waals surface area contributed by atoms with Crippen LogP contribution >= 0.6 is 0 Å². The van der Waals surface area contributed by atoms with Crippen molar-refractivity contribution < 1.29 is 30.5 Å². The van der Waals surface area contributed by atoms with Gasteiger partial charge in [-0.05, 0) is 65.7 Å². The molecule has 0 atom stereocenters. The Bertz CT molecular complexity index is 2280. The van der Waals surface area contributed by atoms with Crippen molar-refractivity contribution in [3.8, 4) is 11.1 Å². The maximum atomic E-state index is 15.0. The van der Waals surface area contributed by atoms with Crippen molar-refractivity contribution in [3.63, 3.8) is 0 Å². The first-order valence-electron chi connectivity index (χ1n) is 12.0. The van der Waals surface area contributed by atoms with Gasteiger partial charge in [-0.2, -0.15) is 16.9 Å². The Kier molecular flexibility index (Phi) is 6.09. The molecule has 212 valence electrons. The van der Waals surface area contributed by atoms with Crippen molar-refractivity contribution >= 4 is 53.2 Å². The zero-order chi connectivity index (χ0) is 30.0. The summed E-state index contributed by atoms with van der Waals surface area (Å²) in [5.74, 6) is -1.95. The highest BCUT2D eigenvalue weighted by molar-refractivity contribution is 7.90.